The molecular formula is C22H37IN4O3S. The fourth-order valence-electron chi connectivity index (χ4n) is 3.60. The first-order valence-electron chi connectivity index (χ1n) is 10.8. The molecule has 1 heterocycles. The number of nitrogens with zero attached hydrogens (tertiary/aromatic N) is 2. The third-order valence-electron chi connectivity index (χ3n) is 5.36. The molecule has 1 aromatic rings. The first-order chi connectivity index (χ1) is 14.3. The summed E-state index contributed by atoms with van der Waals surface area (Å²) in [5, 5.41) is 6.31. The maximum Gasteiger partial charge on any atom is 0.244 e. The van der Waals surface area contributed by atoms with E-state index in [0.717, 1.165) is 32.4 Å². The number of piperidine rings is 1. The van der Waals surface area contributed by atoms with E-state index in [1.165, 1.54) is 11.8 Å². The Morgan fingerprint density at radius 2 is 1.87 bits per heavy atom. The van der Waals surface area contributed by atoms with Crippen LogP contribution in [0.5, 0.6) is 0 Å². The molecule has 2 N–H and O–H groups in total. The van der Waals surface area contributed by atoms with E-state index < -0.39 is 9.84 Å². The smallest absolute Gasteiger partial charge is 0.244 e. The minimum absolute atomic E-state index is 0. The van der Waals surface area contributed by atoms with Gasteiger partial charge in [0.15, 0.2) is 5.96 Å². The lowest BCUT2D eigenvalue weighted by atomic mass is 9.90. The highest BCUT2D eigenvalue weighted by Gasteiger charge is 2.22. The highest BCUT2D eigenvalue weighted by atomic mass is 127. The van der Waals surface area contributed by atoms with Crippen LogP contribution in [0.2, 0.25) is 0 Å². The fourth-order valence-corrected chi connectivity index (χ4v) is 4.38. The molecule has 1 amide bonds. The van der Waals surface area contributed by atoms with Crippen molar-refractivity contribution in [3.05, 3.63) is 35.9 Å². The molecule has 176 valence electrons. The summed E-state index contributed by atoms with van der Waals surface area (Å²) in [5.74, 6) is 1.33. The van der Waals surface area contributed by atoms with E-state index in [9.17, 15) is 13.2 Å². The molecule has 0 aromatic heterocycles. The summed E-state index contributed by atoms with van der Waals surface area (Å²) in [6.07, 6.45) is 4.84. The van der Waals surface area contributed by atoms with E-state index in [1.807, 2.05) is 24.8 Å². The topological polar surface area (TPSA) is 90.9 Å². The summed E-state index contributed by atoms with van der Waals surface area (Å²) >= 11 is 0. The molecule has 31 heavy (non-hydrogen) atoms. The van der Waals surface area contributed by atoms with E-state index in [0.29, 0.717) is 24.8 Å². The summed E-state index contributed by atoms with van der Waals surface area (Å²) < 4.78 is 22.7. The maximum absolute atomic E-state index is 12.6. The van der Waals surface area contributed by atoms with Crippen LogP contribution in [0.3, 0.4) is 0 Å². The predicted molar refractivity (Wildman–Crippen MR) is 138 cm³/mol. The zero-order valence-corrected chi connectivity index (χ0v) is 22.0. The second-order valence-electron chi connectivity index (χ2n) is 8.17. The summed E-state index contributed by atoms with van der Waals surface area (Å²) in [4.78, 5) is 18.9. The van der Waals surface area contributed by atoms with Crippen molar-refractivity contribution >= 4 is 45.7 Å². The van der Waals surface area contributed by atoms with E-state index >= 15 is 0 Å². The summed E-state index contributed by atoms with van der Waals surface area (Å²) in [6, 6.07) is 10.5. The lowest BCUT2D eigenvalue weighted by Gasteiger charge is -2.32. The number of nitrogens with one attached hydrogen (secondary N) is 2. The maximum atomic E-state index is 12.6. The fraction of sp³-hybridized carbons (Fsp3) is 0.636. The largest absolute Gasteiger partial charge is 0.357 e. The number of carbonyl (C=O) groups is 1. The Morgan fingerprint density at radius 3 is 2.45 bits per heavy atom. The number of rotatable bonds is 9. The van der Waals surface area contributed by atoms with Gasteiger partial charge in [0.1, 0.15) is 16.4 Å². The van der Waals surface area contributed by atoms with Crippen LogP contribution < -0.4 is 10.6 Å². The van der Waals surface area contributed by atoms with Crippen molar-refractivity contribution in [1.82, 2.24) is 15.5 Å². The molecule has 0 bridgehead atoms. The van der Waals surface area contributed by atoms with Crippen molar-refractivity contribution in [2.24, 2.45) is 10.9 Å². The normalized spacial score (nSPS) is 16.4. The van der Waals surface area contributed by atoms with Crippen LogP contribution in [-0.2, 0) is 21.1 Å². The number of benzene rings is 1. The molecule has 7 nitrogen and oxygen atoms in total. The Kier molecular flexibility index (Phi) is 12.4. The van der Waals surface area contributed by atoms with Crippen LogP contribution in [-0.4, -0.2) is 69.4 Å². The van der Waals surface area contributed by atoms with Crippen LogP contribution in [0.1, 0.15) is 38.7 Å². The third kappa shape index (κ3) is 11.2. The summed E-state index contributed by atoms with van der Waals surface area (Å²) in [6.45, 7) is 6.19. The second-order valence-corrected chi connectivity index (χ2v) is 10.4. The molecule has 1 aliphatic rings. The number of hydrogen-bond acceptors (Lipinski definition) is 4. The van der Waals surface area contributed by atoms with Crippen LogP contribution in [0, 0.1) is 5.92 Å². The second kappa shape index (κ2) is 13.9. The first-order valence-corrected chi connectivity index (χ1v) is 12.9. The van der Waals surface area contributed by atoms with Gasteiger partial charge in [-0.1, -0.05) is 30.3 Å². The van der Waals surface area contributed by atoms with Crippen molar-refractivity contribution in [1.29, 1.82) is 0 Å². The number of likely N-dealkylation sites (tertiary alicyclic amines) is 1. The zero-order valence-electron chi connectivity index (χ0n) is 18.8. The van der Waals surface area contributed by atoms with E-state index in [-0.39, 0.29) is 48.2 Å². The monoisotopic (exact) mass is 564 g/mol. The van der Waals surface area contributed by atoms with Gasteiger partial charge in [-0.05, 0) is 51.0 Å². The molecule has 1 aliphatic heterocycles. The Balaban J connectivity index is 0.00000480. The van der Waals surface area contributed by atoms with Crippen molar-refractivity contribution in [3.8, 4) is 0 Å². The number of carbonyl (C=O) groups excluding carboxylic acids is 1. The van der Waals surface area contributed by atoms with Crippen LogP contribution in [0.15, 0.2) is 35.3 Å². The van der Waals surface area contributed by atoms with Gasteiger partial charge in [0.25, 0.3) is 0 Å². The Hall–Kier alpha value is -1.36. The minimum Gasteiger partial charge on any atom is -0.357 e. The van der Waals surface area contributed by atoms with Gasteiger partial charge in [-0.15, -0.1) is 24.0 Å². The summed E-state index contributed by atoms with van der Waals surface area (Å²) in [5.41, 5.74) is 1.36. The zero-order chi connectivity index (χ0) is 22.0. The van der Waals surface area contributed by atoms with Crippen molar-refractivity contribution in [2.75, 3.05) is 38.2 Å². The lowest BCUT2D eigenvalue weighted by molar-refractivity contribution is -0.130. The number of amides is 1. The molecule has 1 fully saturated rings. The first kappa shape index (κ1) is 27.7. The van der Waals surface area contributed by atoms with Crippen LogP contribution in [0.4, 0.5) is 0 Å². The van der Waals surface area contributed by atoms with Crippen molar-refractivity contribution in [3.63, 3.8) is 0 Å². The molecule has 0 radical (unpaired) electrons. The lowest BCUT2D eigenvalue weighted by Crippen LogP contribution is -2.44. The van der Waals surface area contributed by atoms with E-state index in [4.69, 9.17) is 0 Å². The van der Waals surface area contributed by atoms with Gasteiger partial charge in [0.05, 0.1) is 5.75 Å². The minimum atomic E-state index is -2.99. The quantitative estimate of drug-likeness (QED) is 0.273. The van der Waals surface area contributed by atoms with Gasteiger partial charge < -0.3 is 15.5 Å². The SMILES string of the molecule is CCNC(=NCC(=O)N1CCC(Cc2ccccc2)CC1)NC(C)CCS(C)(=O)=O.I. The van der Waals surface area contributed by atoms with Gasteiger partial charge in [-0.2, -0.15) is 0 Å². The standard InChI is InChI=1S/C22H36N4O3S.HI/c1-4-23-22(25-18(2)12-15-30(3,28)29)24-17-21(27)26-13-10-20(11-14-26)16-19-8-6-5-7-9-19;/h5-9,18,20H,4,10-17H2,1-3H3,(H2,23,24,25);1H. The Labute approximate surface area is 204 Å². The molecule has 1 unspecified atom stereocenters. The van der Waals surface area contributed by atoms with Gasteiger partial charge in [0.2, 0.25) is 5.91 Å². The Morgan fingerprint density at radius 1 is 1.23 bits per heavy atom. The predicted octanol–water partition coefficient (Wildman–Crippen LogP) is 2.46. The van der Waals surface area contributed by atoms with E-state index in [1.54, 1.807) is 0 Å². The molecular weight excluding hydrogens is 527 g/mol. The number of halogens is 1. The van der Waals surface area contributed by atoms with Gasteiger partial charge in [-0.25, -0.2) is 13.4 Å². The summed E-state index contributed by atoms with van der Waals surface area (Å²) in [7, 11) is -2.99. The Bertz CT molecular complexity index is 794. The number of sulfone groups is 1. The van der Waals surface area contributed by atoms with Gasteiger partial charge in [-0.3, -0.25) is 4.79 Å². The molecule has 1 atom stereocenters. The molecule has 2 rings (SSSR count). The molecule has 1 aromatic carbocycles. The number of guanidine groups is 1. The molecule has 1 saturated heterocycles. The molecule has 0 saturated carbocycles. The van der Waals surface area contributed by atoms with Crippen molar-refractivity contribution < 1.29 is 13.2 Å². The van der Waals surface area contributed by atoms with Crippen LogP contribution >= 0.6 is 24.0 Å². The average molecular weight is 565 g/mol. The van der Waals surface area contributed by atoms with Gasteiger partial charge in [0, 0.05) is 31.9 Å². The number of aliphatic imine (C=N–C) groups is 1. The third-order valence-corrected chi connectivity index (χ3v) is 6.33. The van der Waals surface area contributed by atoms with E-state index in [2.05, 4.69) is 39.9 Å². The molecule has 0 aliphatic carbocycles. The van der Waals surface area contributed by atoms with Crippen LogP contribution in [0.25, 0.3) is 0 Å². The molecule has 0 spiro atoms. The highest BCUT2D eigenvalue weighted by molar-refractivity contribution is 14.0. The van der Waals surface area contributed by atoms with Crippen molar-refractivity contribution in [2.45, 2.75) is 45.6 Å². The van der Waals surface area contributed by atoms with Gasteiger partial charge >= 0.3 is 0 Å². The molecule has 9 heteroatoms. The highest BCUT2D eigenvalue weighted by Crippen LogP contribution is 2.21. The average Bonchev–Trinajstić information content (AvgIpc) is 2.71. The number of hydrogen-bond donors (Lipinski definition) is 2.